The van der Waals surface area contributed by atoms with Gasteiger partial charge in [0.1, 0.15) is 6.61 Å². The minimum Gasteiger partial charge on any atom is -0.370 e. The van der Waals surface area contributed by atoms with Crippen molar-refractivity contribution in [1.29, 1.82) is 0 Å². The molecule has 14 heavy (non-hydrogen) atoms. The van der Waals surface area contributed by atoms with E-state index in [9.17, 15) is 4.79 Å². The highest BCUT2D eigenvalue weighted by molar-refractivity contribution is 5.78. The van der Waals surface area contributed by atoms with Crippen LogP contribution in [0, 0.1) is 5.92 Å². The Morgan fingerprint density at radius 2 is 2.36 bits per heavy atom. The highest BCUT2D eigenvalue weighted by Crippen LogP contribution is 2.37. The number of nitrogens with two attached hydrogens (primary N) is 1. The summed E-state index contributed by atoms with van der Waals surface area (Å²) in [7, 11) is 0. The molecule has 1 heterocycles. The molecule has 1 aliphatic heterocycles. The second kappa shape index (κ2) is 4.28. The highest BCUT2D eigenvalue weighted by Gasteiger charge is 2.39. The lowest BCUT2D eigenvalue weighted by atomic mass is 10.1. The van der Waals surface area contributed by atoms with Crippen molar-refractivity contribution in [2.45, 2.75) is 25.3 Å². The summed E-state index contributed by atoms with van der Waals surface area (Å²) in [5, 5.41) is 0. The zero-order valence-electron chi connectivity index (χ0n) is 8.45. The normalized spacial score (nSPS) is 29.9. The molecular weight excluding hydrogens is 180 g/mol. The van der Waals surface area contributed by atoms with Crippen molar-refractivity contribution in [2.24, 2.45) is 11.7 Å². The molecule has 4 nitrogen and oxygen atoms in total. The van der Waals surface area contributed by atoms with Crippen molar-refractivity contribution < 1.29 is 9.53 Å². The Kier molecular flexibility index (Phi) is 3.03. The number of piperidine rings is 1. The van der Waals surface area contributed by atoms with Crippen LogP contribution in [0.2, 0.25) is 0 Å². The van der Waals surface area contributed by atoms with E-state index in [2.05, 4.69) is 0 Å². The van der Waals surface area contributed by atoms with Crippen LogP contribution in [0.3, 0.4) is 0 Å². The van der Waals surface area contributed by atoms with Gasteiger partial charge in [0, 0.05) is 19.1 Å². The molecule has 1 amide bonds. The van der Waals surface area contributed by atoms with Crippen LogP contribution in [0.15, 0.2) is 0 Å². The van der Waals surface area contributed by atoms with Crippen molar-refractivity contribution >= 4 is 5.91 Å². The van der Waals surface area contributed by atoms with E-state index >= 15 is 0 Å². The summed E-state index contributed by atoms with van der Waals surface area (Å²) in [5.41, 5.74) is 5.28. The lowest BCUT2D eigenvalue weighted by Crippen LogP contribution is -2.40. The van der Waals surface area contributed by atoms with E-state index in [-0.39, 0.29) is 12.5 Å². The van der Waals surface area contributed by atoms with Gasteiger partial charge in [-0.05, 0) is 25.2 Å². The molecule has 1 saturated carbocycles. The number of hydrogen-bond acceptors (Lipinski definition) is 3. The average Bonchev–Trinajstić information content (AvgIpc) is 2.79. The number of likely N-dealkylation sites (tertiary alicyclic amines) is 1. The zero-order valence-corrected chi connectivity index (χ0v) is 8.45. The molecule has 2 unspecified atom stereocenters. The molecule has 0 aromatic rings. The molecule has 2 bridgehead atoms. The van der Waals surface area contributed by atoms with Crippen LogP contribution >= 0.6 is 0 Å². The predicted octanol–water partition coefficient (Wildman–Crippen LogP) is -0.0274. The number of ether oxygens (including phenoxy) is 1. The Bertz CT molecular complexity index is 220. The van der Waals surface area contributed by atoms with Crippen molar-refractivity contribution in [3.63, 3.8) is 0 Å². The third-order valence-electron chi connectivity index (χ3n) is 3.22. The molecule has 2 rings (SSSR count). The van der Waals surface area contributed by atoms with Gasteiger partial charge in [0.25, 0.3) is 0 Å². The lowest BCUT2D eigenvalue weighted by Gasteiger charge is -2.26. The summed E-state index contributed by atoms with van der Waals surface area (Å²) < 4.78 is 5.15. The van der Waals surface area contributed by atoms with Gasteiger partial charge in [-0.1, -0.05) is 0 Å². The van der Waals surface area contributed by atoms with Gasteiger partial charge in [-0.25, -0.2) is 0 Å². The van der Waals surface area contributed by atoms with Crippen LogP contribution in [0.25, 0.3) is 0 Å². The lowest BCUT2D eigenvalue weighted by molar-refractivity contribution is -0.137. The Hall–Kier alpha value is -0.610. The molecule has 0 spiro atoms. The second-order valence-corrected chi connectivity index (χ2v) is 4.22. The summed E-state index contributed by atoms with van der Waals surface area (Å²) in [6.07, 6.45) is 3.70. The van der Waals surface area contributed by atoms with Crippen LogP contribution in [0.1, 0.15) is 19.3 Å². The Labute approximate surface area is 84.4 Å². The third kappa shape index (κ3) is 1.91. The fourth-order valence-electron chi connectivity index (χ4n) is 2.56. The van der Waals surface area contributed by atoms with Gasteiger partial charge < -0.3 is 15.4 Å². The number of fused-ring (bicyclic) bond motifs is 2. The molecule has 2 aliphatic rings. The Morgan fingerprint density at radius 1 is 1.50 bits per heavy atom. The summed E-state index contributed by atoms with van der Waals surface area (Å²) in [6, 6.07) is 0.508. The van der Waals surface area contributed by atoms with Crippen LogP contribution in [-0.2, 0) is 9.53 Å². The molecule has 0 radical (unpaired) electrons. The Morgan fingerprint density at radius 3 is 2.93 bits per heavy atom. The fourth-order valence-corrected chi connectivity index (χ4v) is 2.56. The molecule has 1 saturated heterocycles. The molecule has 0 aromatic carbocycles. The van der Waals surface area contributed by atoms with Gasteiger partial charge in [0.15, 0.2) is 0 Å². The van der Waals surface area contributed by atoms with E-state index in [1.807, 2.05) is 4.90 Å². The van der Waals surface area contributed by atoms with E-state index in [1.165, 1.54) is 19.3 Å². The van der Waals surface area contributed by atoms with Crippen LogP contribution in [0.4, 0.5) is 0 Å². The summed E-state index contributed by atoms with van der Waals surface area (Å²) in [5.74, 6) is 0.907. The largest absolute Gasteiger partial charge is 0.370 e. The first-order valence-corrected chi connectivity index (χ1v) is 5.38. The molecule has 2 N–H and O–H groups in total. The quantitative estimate of drug-likeness (QED) is 0.645. The fraction of sp³-hybridized carbons (Fsp3) is 0.900. The van der Waals surface area contributed by atoms with Crippen LogP contribution < -0.4 is 5.73 Å². The maximum atomic E-state index is 11.7. The minimum absolute atomic E-state index is 0.144. The molecule has 2 atom stereocenters. The Balaban J connectivity index is 1.75. The van der Waals surface area contributed by atoms with Gasteiger partial charge in [-0.3, -0.25) is 4.79 Å². The summed E-state index contributed by atoms with van der Waals surface area (Å²) in [4.78, 5) is 13.7. The first-order valence-electron chi connectivity index (χ1n) is 5.38. The number of hydrogen-bond donors (Lipinski definition) is 1. The van der Waals surface area contributed by atoms with E-state index in [0.29, 0.717) is 19.2 Å². The maximum absolute atomic E-state index is 11.7. The van der Waals surface area contributed by atoms with Gasteiger partial charge in [-0.2, -0.15) is 0 Å². The van der Waals surface area contributed by atoms with E-state index < -0.39 is 0 Å². The molecule has 1 aliphatic carbocycles. The number of amides is 1. The summed E-state index contributed by atoms with van der Waals surface area (Å²) in [6.45, 7) is 2.13. The minimum atomic E-state index is 0.144. The number of carbonyl (C=O) groups excluding carboxylic acids is 1. The van der Waals surface area contributed by atoms with Crippen molar-refractivity contribution in [2.75, 3.05) is 26.3 Å². The van der Waals surface area contributed by atoms with E-state index in [1.54, 1.807) is 0 Å². The van der Waals surface area contributed by atoms with Crippen LogP contribution in [0.5, 0.6) is 0 Å². The maximum Gasteiger partial charge on any atom is 0.248 e. The molecule has 2 fully saturated rings. The standard InChI is InChI=1S/C10H18N2O2/c11-3-4-14-7-10(13)12-6-8-1-2-9(12)5-8/h8-9H,1-7,11H2. The monoisotopic (exact) mass is 198 g/mol. The van der Waals surface area contributed by atoms with E-state index in [0.717, 1.165) is 12.5 Å². The zero-order chi connectivity index (χ0) is 9.97. The van der Waals surface area contributed by atoms with Gasteiger partial charge in [0.2, 0.25) is 5.91 Å². The van der Waals surface area contributed by atoms with Gasteiger partial charge in [-0.15, -0.1) is 0 Å². The first-order chi connectivity index (χ1) is 6.81. The molecule has 80 valence electrons. The molecular formula is C10H18N2O2. The SMILES string of the molecule is NCCOCC(=O)N1CC2CCC1C2. The van der Waals surface area contributed by atoms with Crippen molar-refractivity contribution in [3.8, 4) is 0 Å². The molecule has 0 aromatic heterocycles. The van der Waals surface area contributed by atoms with Crippen LogP contribution in [-0.4, -0.2) is 43.2 Å². The van der Waals surface area contributed by atoms with Gasteiger partial charge >= 0.3 is 0 Å². The average molecular weight is 198 g/mol. The highest BCUT2D eigenvalue weighted by atomic mass is 16.5. The summed E-state index contributed by atoms with van der Waals surface area (Å²) >= 11 is 0. The number of rotatable bonds is 4. The van der Waals surface area contributed by atoms with E-state index in [4.69, 9.17) is 10.5 Å². The number of nitrogens with zero attached hydrogens (tertiary/aromatic N) is 1. The number of carbonyl (C=O) groups is 1. The topological polar surface area (TPSA) is 55.6 Å². The predicted molar refractivity (Wildman–Crippen MR) is 52.7 cm³/mol. The molecule has 4 heteroatoms. The van der Waals surface area contributed by atoms with Crippen molar-refractivity contribution in [1.82, 2.24) is 4.90 Å². The third-order valence-corrected chi connectivity index (χ3v) is 3.22. The second-order valence-electron chi connectivity index (χ2n) is 4.22. The van der Waals surface area contributed by atoms with Gasteiger partial charge in [0.05, 0.1) is 6.61 Å². The first kappa shape index (κ1) is 9.93. The smallest absolute Gasteiger partial charge is 0.248 e. The van der Waals surface area contributed by atoms with Crippen molar-refractivity contribution in [3.05, 3.63) is 0 Å².